The molecule has 1 aromatic carbocycles. The van der Waals surface area contributed by atoms with Gasteiger partial charge in [-0.2, -0.15) is 0 Å². The number of anilines is 1. The Balaban J connectivity index is 1.77. The molecule has 5 heteroatoms. The van der Waals surface area contributed by atoms with Crippen LogP contribution in [-0.2, 0) is 4.79 Å². The minimum absolute atomic E-state index is 0.0266. The number of hydrogen-bond donors (Lipinski definition) is 1. The Morgan fingerprint density at radius 3 is 2.32 bits per heavy atom. The van der Waals surface area contributed by atoms with Gasteiger partial charge in [-0.05, 0) is 47.3 Å². The van der Waals surface area contributed by atoms with Crippen LogP contribution in [0.15, 0.2) is 35.7 Å². The maximum absolute atomic E-state index is 13.1. The topological polar surface area (TPSA) is 49.4 Å². The van der Waals surface area contributed by atoms with Crippen molar-refractivity contribution >= 4 is 28.8 Å². The first-order valence-corrected chi connectivity index (χ1v) is 11.0. The summed E-state index contributed by atoms with van der Waals surface area (Å²) in [4.78, 5) is 28.4. The van der Waals surface area contributed by atoms with Gasteiger partial charge in [-0.3, -0.25) is 9.59 Å². The molecule has 28 heavy (non-hydrogen) atoms. The quantitative estimate of drug-likeness (QED) is 0.724. The third-order valence-electron chi connectivity index (χ3n) is 5.43. The van der Waals surface area contributed by atoms with E-state index in [1.54, 1.807) is 0 Å². The summed E-state index contributed by atoms with van der Waals surface area (Å²) in [5.41, 5.74) is 3.29. The molecule has 1 fully saturated rings. The molecule has 1 unspecified atom stereocenters. The van der Waals surface area contributed by atoms with Crippen LogP contribution in [-0.4, -0.2) is 29.8 Å². The first-order chi connectivity index (χ1) is 13.4. The molecule has 2 aromatic rings. The van der Waals surface area contributed by atoms with Crippen molar-refractivity contribution in [2.24, 2.45) is 5.92 Å². The molecule has 2 heterocycles. The van der Waals surface area contributed by atoms with E-state index in [0.29, 0.717) is 18.4 Å². The Morgan fingerprint density at radius 1 is 1.07 bits per heavy atom. The van der Waals surface area contributed by atoms with Crippen LogP contribution >= 0.6 is 11.3 Å². The number of likely N-dealkylation sites (tertiary alicyclic amines) is 1. The summed E-state index contributed by atoms with van der Waals surface area (Å²) in [5.74, 6) is 0.559. The number of carbonyl (C=O) groups is 2. The molecule has 0 saturated carbocycles. The monoisotopic (exact) mass is 398 g/mol. The zero-order chi connectivity index (χ0) is 20.3. The summed E-state index contributed by atoms with van der Waals surface area (Å²) in [6, 6.07) is 10.0. The second-order valence-corrected chi connectivity index (χ2v) is 9.13. The first-order valence-electron chi connectivity index (χ1n) is 10.1. The highest BCUT2D eigenvalue weighted by Crippen LogP contribution is 2.33. The van der Waals surface area contributed by atoms with E-state index < -0.39 is 0 Å². The van der Waals surface area contributed by atoms with Gasteiger partial charge in [-0.15, -0.1) is 11.3 Å². The highest BCUT2D eigenvalue weighted by molar-refractivity contribution is 7.12. The number of nitrogens with zero attached hydrogens (tertiary/aromatic N) is 1. The molecule has 1 atom stereocenters. The highest BCUT2D eigenvalue weighted by atomic mass is 32.1. The van der Waals surface area contributed by atoms with Crippen LogP contribution in [0, 0.1) is 5.92 Å². The fraction of sp³-hybridized carbons (Fsp3) is 0.478. The number of nitrogens with one attached hydrogen (secondary N) is 1. The van der Waals surface area contributed by atoms with Gasteiger partial charge < -0.3 is 10.2 Å². The SMILES string of the molecule is CC(C)c1cccc(C(C)C)c1NC(=O)C1CCCN(C(=O)c2cccs2)C1. The molecule has 0 bridgehead atoms. The van der Waals surface area contributed by atoms with Gasteiger partial charge in [0.25, 0.3) is 5.91 Å². The lowest BCUT2D eigenvalue weighted by Gasteiger charge is -2.32. The minimum atomic E-state index is -0.169. The fourth-order valence-electron chi connectivity index (χ4n) is 3.85. The van der Waals surface area contributed by atoms with E-state index >= 15 is 0 Å². The fourth-order valence-corrected chi connectivity index (χ4v) is 4.54. The first kappa shape index (κ1) is 20.6. The molecule has 1 saturated heterocycles. The standard InChI is InChI=1S/C23H30N2O2S/c1-15(2)18-9-5-10-19(16(3)4)21(18)24-22(26)17-8-6-12-25(14-17)23(27)20-11-7-13-28-20/h5,7,9-11,13,15-17H,6,8,12,14H2,1-4H3,(H,24,26). The van der Waals surface area contributed by atoms with Crippen LogP contribution in [0.3, 0.4) is 0 Å². The minimum Gasteiger partial charge on any atom is -0.337 e. The normalized spacial score (nSPS) is 17.2. The van der Waals surface area contributed by atoms with E-state index in [-0.39, 0.29) is 17.7 Å². The highest BCUT2D eigenvalue weighted by Gasteiger charge is 2.30. The number of rotatable bonds is 5. The van der Waals surface area contributed by atoms with Gasteiger partial charge in [0.15, 0.2) is 0 Å². The van der Waals surface area contributed by atoms with Crippen LogP contribution in [0.25, 0.3) is 0 Å². The average molecular weight is 399 g/mol. The number of para-hydroxylation sites is 1. The van der Waals surface area contributed by atoms with E-state index in [0.717, 1.165) is 30.0 Å². The number of benzene rings is 1. The van der Waals surface area contributed by atoms with Crippen molar-refractivity contribution in [3.63, 3.8) is 0 Å². The second kappa shape index (κ2) is 8.91. The van der Waals surface area contributed by atoms with Crippen LogP contribution in [0.5, 0.6) is 0 Å². The third kappa shape index (κ3) is 4.46. The zero-order valence-electron chi connectivity index (χ0n) is 17.2. The van der Waals surface area contributed by atoms with Crippen molar-refractivity contribution in [2.75, 3.05) is 18.4 Å². The maximum atomic E-state index is 13.1. The number of thiophene rings is 1. The Hall–Kier alpha value is -2.14. The Morgan fingerprint density at radius 2 is 1.75 bits per heavy atom. The van der Waals surface area contributed by atoms with Gasteiger partial charge in [0.1, 0.15) is 0 Å². The van der Waals surface area contributed by atoms with E-state index in [2.05, 4.69) is 51.2 Å². The third-order valence-corrected chi connectivity index (χ3v) is 6.29. The second-order valence-electron chi connectivity index (χ2n) is 8.18. The van der Waals surface area contributed by atoms with E-state index in [9.17, 15) is 9.59 Å². The van der Waals surface area contributed by atoms with Crippen molar-refractivity contribution in [1.29, 1.82) is 0 Å². The van der Waals surface area contributed by atoms with Crippen molar-refractivity contribution in [2.45, 2.75) is 52.4 Å². The largest absolute Gasteiger partial charge is 0.337 e. The summed E-state index contributed by atoms with van der Waals surface area (Å²) in [6.07, 6.45) is 1.68. The molecule has 3 rings (SSSR count). The van der Waals surface area contributed by atoms with E-state index in [1.165, 1.54) is 22.5 Å². The molecule has 2 amide bonds. The summed E-state index contributed by atoms with van der Waals surface area (Å²) >= 11 is 1.46. The lowest BCUT2D eigenvalue weighted by atomic mass is 9.91. The Bertz CT molecular complexity index is 801. The molecule has 1 N–H and O–H groups in total. The van der Waals surface area contributed by atoms with Crippen LogP contribution < -0.4 is 5.32 Å². The predicted molar refractivity (Wildman–Crippen MR) is 116 cm³/mol. The molecule has 1 aromatic heterocycles. The van der Waals surface area contributed by atoms with Gasteiger partial charge in [0, 0.05) is 18.8 Å². The van der Waals surface area contributed by atoms with Gasteiger partial charge in [-0.1, -0.05) is 52.0 Å². The van der Waals surface area contributed by atoms with Gasteiger partial charge in [0.05, 0.1) is 10.8 Å². The predicted octanol–water partition coefficient (Wildman–Crippen LogP) is 5.49. The molecular weight excluding hydrogens is 368 g/mol. The van der Waals surface area contributed by atoms with Crippen LogP contribution in [0.2, 0.25) is 0 Å². The van der Waals surface area contributed by atoms with Crippen LogP contribution in [0.1, 0.15) is 73.2 Å². The van der Waals surface area contributed by atoms with Crippen molar-refractivity contribution < 1.29 is 9.59 Å². The number of hydrogen-bond acceptors (Lipinski definition) is 3. The molecule has 1 aliphatic heterocycles. The van der Waals surface area contributed by atoms with Gasteiger partial charge in [-0.25, -0.2) is 0 Å². The summed E-state index contributed by atoms with van der Waals surface area (Å²) in [7, 11) is 0. The molecular formula is C23H30N2O2S. The molecule has 0 aliphatic carbocycles. The molecule has 0 spiro atoms. The molecule has 4 nitrogen and oxygen atoms in total. The summed E-state index contributed by atoms with van der Waals surface area (Å²) in [5, 5.41) is 5.15. The average Bonchev–Trinajstić information content (AvgIpc) is 3.22. The Labute approximate surface area is 172 Å². The Kier molecular flexibility index (Phi) is 6.55. The summed E-state index contributed by atoms with van der Waals surface area (Å²) < 4.78 is 0. The lowest BCUT2D eigenvalue weighted by Crippen LogP contribution is -2.43. The number of carbonyl (C=O) groups excluding carboxylic acids is 2. The van der Waals surface area contributed by atoms with Crippen LogP contribution in [0.4, 0.5) is 5.69 Å². The number of piperidine rings is 1. The lowest BCUT2D eigenvalue weighted by molar-refractivity contribution is -0.121. The van der Waals surface area contributed by atoms with Crippen molar-refractivity contribution in [3.05, 3.63) is 51.7 Å². The van der Waals surface area contributed by atoms with E-state index in [4.69, 9.17) is 0 Å². The van der Waals surface area contributed by atoms with Gasteiger partial charge >= 0.3 is 0 Å². The van der Waals surface area contributed by atoms with Crippen molar-refractivity contribution in [3.8, 4) is 0 Å². The molecule has 150 valence electrons. The maximum Gasteiger partial charge on any atom is 0.263 e. The molecule has 1 aliphatic rings. The van der Waals surface area contributed by atoms with Gasteiger partial charge in [0.2, 0.25) is 5.91 Å². The number of amides is 2. The van der Waals surface area contributed by atoms with E-state index in [1.807, 2.05) is 22.4 Å². The summed E-state index contributed by atoms with van der Waals surface area (Å²) in [6.45, 7) is 9.81. The molecule has 0 radical (unpaired) electrons. The smallest absolute Gasteiger partial charge is 0.263 e. The van der Waals surface area contributed by atoms with Crippen molar-refractivity contribution in [1.82, 2.24) is 4.90 Å². The zero-order valence-corrected chi connectivity index (χ0v) is 18.0.